The minimum Gasteiger partial charge on any atom is -0.466 e. The van der Waals surface area contributed by atoms with Gasteiger partial charge in [0.05, 0.1) is 23.6 Å². The maximum Gasteiger partial charge on any atom is 0.309 e. The molecule has 4 nitrogen and oxygen atoms in total. The fraction of sp³-hybridized carbons (Fsp3) is 0.529. The average molecular weight is 288 g/mol. The number of hydrogen-bond donors (Lipinski definition) is 0. The Labute approximate surface area is 126 Å². The molecule has 0 radical (unpaired) electrons. The molecule has 1 atom stereocenters. The molecule has 0 aliphatic rings. The molecule has 0 bridgehead atoms. The molecule has 0 N–H and O–H groups in total. The zero-order chi connectivity index (χ0) is 15.2. The third-order valence-corrected chi connectivity index (χ3v) is 3.72. The predicted octanol–water partition coefficient (Wildman–Crippen LogP) is 3.58. The average Bonchev–Trinajstić information content (AvgIpc) is 2.83. The van der Waals surface area contributed by atoms with E-state index in [1.807, 2.05) is 32.0 Å². The largest absolute Gasteiger partial charge is 0.466 e. The van der Waals surface area contributed by atoms with Crippen LogP contribution in [0.1, 0.15) is 39.4 Å². The van der Waals surface area contributed by atoms with Crippen molar-refractivity contribution in [3.05, 3.63) is 30.1 Å². The van der Waals surface area contributed by atoms with Gasteiger partial charge < -0.3 is 9.30 Å². The Morgan fingerprint density at radius 2 is 2.05 bits per heavy atom. The van der Waals surface area contributed by atoms with Crippen LogP contribution in [0.3, 0.4) is 0 Å². The monoisotopic (exact) mass is 288 g/mol. The quantitative estimate of drug-likeness (QED) is 0.731. The second kappa shape index (κ2) is 7.25. The number of imidazole rings is 1. The topological polar surface area (TPSA) is 44.1 Å². The van der Waals surface area contributed by atoms with E-state index in [0.717, 1.165) is 36.2 Å². The Bertz CT molecular complexity index is 604. The first kappa shape index (κ1) is 15.5. The second-order valence-electron chi connectivity index (χ2n) is 5.23. The Kier molecular flexibility index (Phi) is 5.37. The number of esters is 1. The lowest BCUT2D eigenvalue weighted by Crippen LogP contribution is -2.21. The fourth-order valence-electron chi connectivity index (χ4n) is 2.63. The van der Waals surface area contributed by atoms with Crippen molar-refractivity contribution in [2.24, 2.45) is 5.92 Å². The number of ether oxygens (including phenoxy) is 1. The lowest BCUT2D eigenvalue weighted by Gasteiger charge is -2.14. The van der Waals surface area contributed by atoms with Crippen LogP contribution in [0.4, 0.5) is 0 Å². The van der Waals surface area contributed by atoms with Gasteiger partial charge in [-0.25, -0.2) is 4.98 Å². The molecule has 0 aliphatic carbocycles. The van der Waals surface area contributed by atoms with E-state index in [1.54, 1.807) is 0 Å². The van der Waals surface area contributed by atoms with Crippen LogP contribution in [-0.2, 0) is 22.5 Å². The fourth-order valence-corrected chi connectivity index (χ4v) is 2.63. The van der Waals surface area contributed by atoms with Crippen molar-refractivity contribution in [3.63, 3.8) is 0 Å². The number of para-hydroxylation sites is 2. The molecule has 1 aromatic heterocycles. The first-order chi connectivity index (χ1) is 10.2. The van der Waals surface area contributed by atoms with Crippen LogP contribution in [0, 0.1) is 5.92 Å². The van der Waals surface area contributed by atoms with E-state index in [0.29, 0.717) is 13.0 Å². The van der Waals surface area contributed by atoms with Crippen molar-refractivity contribution in [2.45, 2.75) is 46.6 Å². The van der Waals surface area contributed by atoms with Gasteiger partial charge in [0.2, 0.25) is 0 Å². The van der Waals surface area contributed by atoms with Crippen LogP contribution in [-0.4, -0.2) is 22.1 Å². The van der Waals surface area contributed by atoms with Gasteiger partial charge in [-0.05, 0) is 31.9 Å². The number of nitrogens with zero attached hydrogens (tertiary/aromatic N) is 2. The minimum atomic E-state index is -0.116. The van der Waals surface area contributed by atoms with Gasteiger partial charge in [-0.1, -0.05) is 26.0 Å². The summed E-state index contributed by atoms with van der Waals surface area (Å²) in [4.78, 5) is 16.7. The van der Waals surface area contributed by atoms with Crippen LogP contribution in [0.5, 0.6) is 0 Å². The number of hydrogen-bond acceptors (Lipinski definition) is 3. The van der Waals surface area contributed by atoms with Gasteiger partial charge in [-0.15, -0.1) is 0 Å². The normalized spacial score (nSPS) is 12.5. The Morgan fingerprint density at radius 3 is 2.71 bits per heavy atom. The third kappa shape index (κ3) is 3.43. The van der Waals surface area contributed by atoms with Crippen LogP contribution in [0.25, 0.3) is 11.0 Å². The Balaban J connectivity index is 2.31. The first-order valence-corrected chi connectivity index (χ1v) is 7.81. The molecule has 1 aromatic carbocycles. The third-order valence-electron chi connectivity index (χ3n) is 3.72. The number of carbonyl (C=O) groups excluding carboxylic acids is 1. The standard InChI is InChI=1S/C17H24N2O2/c1-4-11-19-15-10-8-7-9-14(15)18-16(19)12-13(5-2)17(20)21-6-3/h7-10,13H,4-6,11-12H2,1-3H3. The predicted molar refractivity (Wildman–Crippen MR) is 84.1 cm³/mol. The van der Waals surface area contributed by atoms with Crippen molar-refractivity contribution in [2.75, 3.05) is 6.61 Å². The summed E-state index contributed by atoms with van der Waals surface area (Å²) in [5, 5.41) is 0. The van der Waals surface area contributed by atoms with Crippen LogP contribution >= 0.6 is 0 Å². The lowest BCUT2D eigenvalue weighted by atomic mass is 10.0. The Hall–Kier alpha value is -1.84. The van der Waals surface area contributed by atoms with Crippen molar-refractivity contribution >= 4 is 17.0 Å². The molecule has 0 aliphatic heterocycles. The molecule has 4 heteroatoms. The first-order valence-electron chi connectivity index (χ1n) is 7.81. The van der Waals surface area contributed by atoms with Crippen LogP contribution < -0.4 is 0 Å². The number of aryl methyl sites for hydroxylation is 1. The SMILES string of the molecule is CCCn1c(CC(CC)C(=O)OCC)nc2ccccc21. The number of benzene rings is 1. The Morgan fingerprint density at radius 1 is 1.29 bits per heavy atom. The van der Waals surface area contributed by atoms with Crippen molar-refractivity contribution in [3.8, 4) is 0 Å². The summed E-state index contributed by atoms with van der Waals surface area (Å²) in [5.41, 5.74) is 2.15. The summed E-state index contributed by atoms with van der Waals surface area (Å²) in [7, 11) is 0. The molecule has 2 rings (SSSR count). The zero-order valence-electron chi connectivity index (χ0n) is 13.1. The number of aromatic nitrogens is 2. The highest BCUT2D eigenvalue weighted by molar-refractivity contribution is 5.76. The highest BCUT2D eigenvalue weighted by Gasteiger charge is 2.21. The zero-order valence-corrected chi connectivity index (χ0v) is 13.1. The summed E-state index contributed by atoms with van der Waals surface area (Å²) in [5.74, 6) is 0.755. The molecule has 21 heavy (non-hydrogen) atoms. The molecule has 1 unspecified atom stereocenters. The van der Waals surface area contributed by atoms with Gasteiger partial charge >= 0.3 is 5.97 Å². The van der Waals surface area contributed by atoms with Gasteiger partial charge in [0.25, 0.3) is 0 Å². The van der Waals surface area contributed by atoms with E-state index >= 15 is 0 Å². The summed E-state index contributed by atoms with van der Waals surface area (Å²) in [6.07, 6.45) is 2.46. The molecule has 0 amide bonds. The molecular weight excluding hydrogens is 264 g/mol. The van der Waals surface area contributed by atoms with Gasteiger partial charge in [0.1, 0.15) is 5.82 Å². The molecule has 0 saturated carbocycles. The minimum absolute atomic E-state index is 0.114. The molecule has 0 spiro atoms. The summed E-state index contributed by atoms with van der Waals surface area (Å²) >= 11 is 0. The van der Waals surface area contributed by atoms with Gasteiger partial charge in [0.15, 0.2) is 0 Å². The molecule has 114 valence electrons. The highest BCUT2D eigenvalue weighted by Crippen LogP contribution is 2.20. The summed E-state index contributed by atoms with van der Waals surface area (Å²) in [6, 6.07) is 8.14. The van der Waals surface area contributed by atoms with Gasteiger partial charge in [0, 0.05) is 13.0 Å². The van der Waals surface area contributed by atoms with Crippen molar-refractivity contribution in [1.29, 1.82) is 0 Å². The second-order valence-corrected chi connectivity index (χ2v) is 5.23. The maximum absolute atomic E-state index is 12.0. The van der Waals surface area contributed by atoms with E-state index in [4.69, 9.17) is 9.72 Å². The number of rotatable bonds is 7. The van der Waals surface area contributed by atoms with E-state index in [1.165, 1.54) is 0 Å². The van der Waals surface area contributed by atoms with Crippen LogP contribution in [0.15, 0.2) is 24.3 Å². The van der Waals surface area contributed by atoms with E-state index in [9.17, 15) is 4.79 Å². The maximum atomic E-state index is 12.0. The van der Waals surface area contributed by atoms with Gasteiger partial charge in [-0.3, -0.25) is 4.79 Å². The molecule has 2 aromatic rings. The van der Waals surface area contributed by atoms with Crippen LogP contribution in [0.2, 0.25) is 0 Å². The summed E-state index contributed by atoms with van der Waals surface area (Å²) in [6.45, 7) is 7.38. The van der Waals surface area contributed by atoms with E-state index in [-0.39, 0.29) is 11.9 Å². The van der Waals surface area contributed by atoms with E-state index in [2.05, 4.69) is 17.6 Å². The molecule has 1 heterocycles. The molecule has 0 fully saturated rings. The van der Waals surface area contributed by atoms with Gasteiger partial charge in [-0.2, -0.15) is 0 Å². The highest BCUT2D eigenvalue weighted by atomic mass is 16.5. The summed E-state index contributed by atoms with van der Waals surface area (Å²) < 4.78 is 7.40. The smallest absolute Gasteiger partial charge is 0.309 e. The number of carbonyl (C=O) groups is 1. The van der Waals surface area contributed by atoms with Crippen molar-refractivity contribution in [1.82, 2.24) is 9.55 Å². The number of fused-ring (bicyclic) bond motifs is 1. The van der Waals surface area contributed by atoms with E-state index < -0.39 is 0 Å². The lowest BCUT2D eigenvalue weighted by molar-refractivity contribution is -0.148. The molecular formula is C17H24N2O2. The van der Waals surface area contributed by atoms with Crippen molar-refractivity contribution < 1.29 is 9.53 Å². The molecule has 0 saturated heterocycles.